The number of hydrogen-bond acceptors (Lipinski definition) is 4. The van der Waals surface area contributed by atoms with Crippen molar-refractivity contribution in [3.05, 3.63) is 0 Å². The molecule has 142 valence electrons. The molecule has 2 fully saturated rings. The molecule has 1 aliphatic heterocycles. The summed E-state index contributed by atoms with van der Waals surface area (Å²) < 4.78 is 23.0. The van der Waals surface area contributed by atoms with E-state index in [1.165, 1.54) is 0 Å². The molecular formula is C16H32IN3O3S. The fraction of sp³-hybridized carbons (Fsp3) is 0.938. The van der Waals surface area contributed by atoms with Crippen LogP contribution in [0.5, 0.6) is 0 Å². The Hall–Kier alpha value is -0.0900. The SMILES string of the molecule is CCNC(=NCC1(C)CCCCC1O)NCC1CCS(=O)(=O)C1.I. The molecule has 1 heterocycles. The van der Waals surface area contributed by atoms with Crippen molar-refractivity contribution in [2.45, 2.75) is 52.1 Å². The number of aliphatic hydroxyl groups is 1. The minimum Gasteiger partial charge on any atom is -0.392 e. The zero-order valence-electron chi connectivity index (χ0n) is 14.8. The molecule has 3 N–H and O–H groups in total. The van der Waals surface area contributed by atoms with E-state index in [9.17, 15) is 13.5 Å². The Kier molecular flexibility index (Phi) is 8.75. The van der Waals surface area contributed by atoms with Gasteiger partial charge in [-0.2, -0.15) is 0 Å². The first kappa shape index (κ1) is 22.0. The third-order valence-electron chi connectivity index (χ3n) is 5.11. The zero-order chi connectivity index (χ0) is 16.9. The van der Waals surface area contributed by atoms with Gasteiger partial charge in [-0.3, -0.25) is 4.99 Å². The van der Waals surface area contributed by atoms with Gasteiger partial charge in [-0.1, -0.05) is 19.8 Å². The molecule has 0 spiro atoms. The predicted molar refractivity (Wildman–Crippen MR) is 109 cm³/mol. The largest absolute Gasteiger partial charge is 0.392 e. The Bertz CT molecular complexity index is 527. The molecule has 1 saturated carbocycles. The molecule has 1 aliphatic carbocycles. The predicted octanol–water partition coefficient (Wildman–Crippen LogP) is 1.54. The van der Waals surface area contributed by atoms with Crippen LogP contribution in [0.15, 0.2) is 4.99 Å². The standard InChI is InChI=1S/C16H31N3O3S.HI/c1-3-17-15(18-10-13-7-9-23(21,22)11-13)19-12-16(2)8-5-4-6-14(16)20;/h13-14,20H,3-12H2,1-2H3,(H2,17,18,19);1H. The van der Waals surface area contributed by atoms with E-state index in [2.05, 4.69) is 22.5 Å². The summed E-state index contributed by atoms with van der Waals surface area (Å²) in [5.74, 6) is 1.46. The number of rotatable bonds is 5. The van der Waals surface area contributed by atoms with E-state index in [1.54, 1.807) is 0 Å². The smallest absolute Gasteiger partial charge is 0.191 e. The van der Waals surface area contributed by atoms with Crippen molar-refractivity contribution in [1.82, 2.24) is 10.6 Å². The molecule has 0 radical (unpaired) electrons. The zero-order valence-corrected chi connectivity index (χ0v) is 17.9. The van der Waals surface area contributed by atoms with Gasteiger partial charge in [-0.15, -0.1) is 24.0 Å². The summed E-state index contributed by atoms with van der Waals surface area (Å²) >= 11 is 0. The van der Waals surface area contributed by atoms with Crippen molar-refractivity contribution in [2.75, 3.05) is 31.1 Å². The molecule has 0 aromatic rings. The average molecular weight is 473 g/mol. The van der Waals surface area contributed by atoms with E-state index < -0.39 is 9.84 Å². The highest BCUT2D eigenvalue weighted by Crippen LogP contribution is 2.36. The summed E-state index contributed by atoms with van der Waals surface area (Å²) in [6.07, 6.45) is 4.53. The average Bonchev–Trinajstić information content (AvgIpc) is 2.85. The van der Waals surface area contributed by atoms with Gasteiger partial charge in [0.2, 0.25) is 0 Å². The van der Waals surface area contributed by atoms with Gasteiger partial charge in [0.1, 0.15) is 0 Å². The van der Waals surface area contributed by atoms with E-state index in [1.807, 2.05) is 6.92 Å². The Morgan fingerprint density at radius 1 is 1.29 bits per heavy atom. The summed E-state index contributed by atoms with van der Waals surface area (Å²) in [6, 6.07) is 0. The Labute approximate surface area is 163 Å². The first-order valence-corrected chi connectivity index (χ1v) is 10.6. The second-order valence-corrected chi connectivity index (χ2v) is 9.49. The Morgan fingerprint density at radius 3 is 2.62 bits per heavy atom. The van der Waals surface area contributed by atoms with Crippen LogP contribution in [0, 0.1) is 11.3 Å². The molecule has 1 saturated heterocycles. The Morgan fingerprint density at radius 2 is 2.04 bits per heavy atom. The highest BCUT2D eigenvalue weighted by atomic mass is 127. The topological polar surface area (TPSA) is 90.8 Å². The van der Waals surface area contributed by atoms with Gasteiger partial charge in [0.25, 0.3) is 0 Å². The van der Waals surface area contributed by atoms with Crippen LogP contribution in [0.25, 0.3) is 0 Å². The first-order chi connectivity index (χ1) is 10.8. The maximum Gasteiger partial charge on any atom is 0.191 e. The molecule has 24 heavy (non-hydrogen) atoms. The maximum absolute atomic E-state index is 11.5. The fourth-order valence-electron chi connectivity index (χ4n) is 3.44. The molecule has 0 bridgehead atoms. The molecule has 0 aromatic heterocycles. The summed E-state index contributed by atoms with van der Waals surface area (Å²) in [4.78, 5) is 4.64. The van der Waals surface area contributed by atoms with E-state index in [0.717, 1.165) is 44.6 Å². The first-order valence-electron chi connectivity index (χ1n) is 8.75. The number of aliphatic hydroxyl groups excluding tert-OH is 1. The molecule has 3 atom stereocenters. The third kappa shape index (κ3) is 6.33. The summed E-state index contributed by atoms with van der Waals surface area (Å²) in [5.41, 5.74) is -0.155. The lowest BCUT2D eigenvalue weighted by Gasteiger charge is -2.37. The van der Waals surface area contributed by atoms with Gasteiger partial charge in [0.05, 0.1) is 24.2 Å². The van der Waals surface area contributed by atoms with Gasteiger partial charge < -0.3 is 15.7 Å². The van der Waals surface area contributed by atoms with Crippen LogP contribution in [-0.4, -0.2) is 56.7 Å². The van der Waals surface area contributed by atoms with Crippen molar-refractivity contribution < 1.29 is 13.5 Å². The van der Waals surface area contributed by atoms with Gasteiger partial charge in [-0.05, 0) is 32.1 Å². The quantitative estimate of drug-likeness (QED) is 0.320. The van der Waals surface area contributed by atoms with Crippen LogP contribution in [0.2, 0.25) is 0 Å². The number of nitrogens with zero attached hydrogens (tertiary/aromatic N) is 1. The fourth-order valence-corrected chi connectivity index (χ4v) is 5.30. The Balaban J connectivity index is 0.00000288. The summed E-state index contributed by atoms with van der Waals surface area (Å²) in [6.45, 7) is 6.09. The molecule has 0 aromatic carbocycles. The number of guanidine groups is 1. The lowest BCUT2D eigenvalue weighted by Crippen LogP contribution is -2.43. The molecule has 2 rings (SSSR count). The van der Waals surface area contributed by atoms with E-state index in [0.29, 0.717) is 18.8 Å². The van der Waals surface area contributed by atoms with Gasteiger partial charge in [-0.25, -0.2) is 8.42 Å². The highest BCUT2D eigenvalue weighted by molar-refractivity contribution is 14.0. The molecule has 3 unspecified atom stereocenters. The minimum atomic E-state index is -2.84. The van der Waals surface area contributed by atoms with Crippen molar-refractivity contribution in [3.63, 3.8) is 0 Å². The normalized spacial score (nSPS) is 32.9. The van der Waals surface area contributed by atoms with Crippen molar-refractivity contribution >= 4 is 39.8 Å². The third-order valence-corrected chi connectivity index (χ3v) is 6.94. The van der Waals surface area contributed by atoms with Crippen molar-refractivity contribution in [2.24, 2.45) is 16.3 Å². The van der Waals surface area contributed by atoms with Crippen molar-refractivity contribution in [3.8, 4) is 0 Å². The van der Waals surface area contributed by atoms with E-state index >= 15 is 0 Å². The second kappa shape index (κ2) is 9.56. The molecule has 8 heteroatoms. The lowest BCUT2D eigenvalue weighted by atomic mass is 9.73. The molecule has 6 nitrogen and oxygen atoms in total. The van der Waals surface area contributed by atoms with Crippen molar-refractivity contribution in [1.29, 1.82) is 0 Å². The van der Waals surface area contributed by atoms with Gasteiger partial charge in [0, 0.05) is 18.5 Å². The molecule has 2 aliphatic rings. The number of sulfone groups is 1. The van der Waals surface area contributed by atoms with E-state index in [-0.39, 0.29) is 47.2 Å². The molecule has 0 amide bonds. The van der Waals surface area contributed by atoms with Crippen LogP contribution in [0.4, 0.5) is 0 Å². The maximum atomic E-state index is 11.5. The summed E-state index contributed by atoms with van der Waals surface area (Å²) in [5, 5.41) is 16.7. The highest BCUT2D eigenvalue weighted by Gasteiger charge is 2.35. The van der Waals surface area contributed by atoms with Gasteiger partial charge in [0.15, 0.2) is 15.8 Å². The van der Waals surface area contributed by atoms with Gasteiger partial charge >= 0.3 is 0 Å². The van der Waals surface area contributed by atoms with Crippen LogP contribution in [-0.2, 0) is 9.84 Å². The number of halogens is 1. The monoisotopic (exact) mass is 473 g/mol. The van der Waals surface area contributed by atoms with Crippen LogP contribution < -0.4 is 10.6 Å². The minimum absolute atomic E-state index is 0. The number of nitrogens with one attached hydrogen (secondary N) is 2. The van der Waals surface area contributed by atoms with Crippen LogP contribution in [0.1, 0.15) is 46.0 Å². The summed E-state index contributed by atoms with van der Waals surface area (Å²) in [7, 11) is -2.84. The second-order valence-electron chi connectivity index (χ2n) is 7.26. The number of hydrogen-bond donors (Lipinski definition) is 3. The van der Waals surface area contributed by atoms with Crippen LogP contribution in [0.3, 0.4) is 0 Å². The number of aliphatic imine (C=N–C) groups is 1. The molecular weight excluding hydrogens is 441 g/mol. The van der Waals surface area contributed by atoms with E-state index in [4.69, 9.17) is 0 Å². The van der Waals surface area contributed by atoms with Crippen LogP contribution >= 0.6 is 24.0 Å². The lowest BCUT2D eigenvalue weighted by molar-refractivity contribution is 0.00716.